The van der Waals surface area contributed by atoms with Crippen molar-refractivity contribution >= 4 is 46.5 Å². The Labute approximate surface area is 221 Å². The molecule has 3 aliphatic heterocycles. The van der Waals surface area contributed by atoms with Gasteiger partial charge in [-0.15, -0.1) is 0 Å². The molecule has 0 spiro atoms. The van der Waals surface area contributed by atoms with E-state index in [1.54, 1.807) is 36.4 Å². The summed E-state index contributed by atoms with van der Waals surface area (Å²) < 4.78 is 5.76. The van der Waals surface area contributed by atoms with Crippen LogP contribution in [-0.4, -0.2) is 52.6 Å². The maximum atomic E-state index is 13.7. The van der Waals surface area contributed by atoms with Crippen molar-refractivity contribution in [1.29, 1.82) is 0 Å². The van der Waals surface area contributed by atoms with Gasteiger partial charge in [-0.05, 0) is 49.1 Å². The van der Waals surface area contributed by atoms with Gasteiger partial charge >= 0.3 is 4.87 Å². The van der Waals surface area contributed by atoms with Crippen molar-refractivity contribution in [2.75, 3.05) is 24.6 Å². The quantitative estimate of drug-likeness (QED) is 0.501. The SMILES string of the molecule is O=C(COc1ccc(C2c3sc(=O)[nH]c3SC3C(=O)N(c4ccccc4)C(=O)C32)cc1)N1CCCCC1. The number of likely N-dealkylation sites (tertiary alicyclic amines) is 1. The molecule has 3 aliphatic rings. The van der Waals surface area contributed by atoms with Gasteiger partial charge in [0, 0.05) is 23.9 Å². The lowest BCUT2D eigenvalue weighted by molar-refractivity contribution is -0.134. The summed E-state index contributed by atoms with van der Waals surface area (Å²) in [6, 6.07) is 16.2. The third-order valence-corrected chi connectivity index (χ3v) is 9.55. The van der Waals surface area contributed by atoms with Gasteiger partial charge in [0.25, 0.3) is 5.91 Å². The maximum Gasteiger partial charge on any atom is 0.305 e. The first kappa shape index (κ1) is 24.0. The fourth-order valence-electron chi connectivity index (χ4n) is 5.36. The zero-order chi connectivity index (χ0) is 25.5. The summed E-state index contributed by atoms with van der Waals surface area (Å²) in [6.07, 6.45) is 3.21. The number of anilines is 1. The average molecular weight is 536 g/mol. The van der Waals surface area contributed by atoms with Gasteiger partial charge in [-0.3, -0.25) is 19.2 Å². The molecular formula is C27H25N3O5S2. The van der Waals surface area contributed by atoms with Crippen LogP contribution in [0.3, 0.4) is 0 Å². The van der Waals surface area contributed by atoms with Crippen LogP contribution in [-0.2, 0) is 14.4 Å². The number of aromatic amines is 1. The number of piperidine rings is 1. The lowest BCUT2D eigenvalue weighted by Gasteiger charge is -2.30. The van der Waals surface area contributed by atoms with E-state index in [0.29, 0.717) is 16.5 Å². The molecule has 0 radical (unpaired) electrons. The number of carbonyl (C=O) groups is 3. The van der Waals surface area contributed by atoms with Crippen LogP contribution >= 0.6 is 23.1 Å². The normalized spacial score (nSPS) is 23.1. The molecule has 2 fully saturated rings. The van der Waals surface area contributed by atoms with Gasteiger partial charge < -0.3 is 14.6 Å². The smallest absolute Gasteiger partial charge is 0.305 e. The number of benzene rings is 2. The summed E-state index contributed by atoms with van der Waals surface area (Å²) in [7, 11) is 0. The third kappa shape index (κ3) is 4.38. The van der Waals surface area contributed by atoms with Crippen LogP contribution in [0.5, 0.6) is 5.75 Å². The highest BCUT2D eigenvalue weighted by Gasteiger charge is 2.56. The largest absolute Gasteiger partial charge is 0.484 e. The molecule has 4 heterocycles. The van der Waals surface area contributed by atoms with Gasteiger partial charge in [0.05, 0.1) is 16.6 Å². The number of hydrogen-bond acceptors (Lipinski definition) is 7. The number of thioether (sulfide) groups is 1. The molecule has 1 aromatic heterocycles. The lowest BCUT2D eigenvalue weighted by Crippen LogP contribution is -2.38. The Morgan fingerprint density at radius 3 is 2.41 bits per heavy atom. The van der Waals surface area contributed by atoms with E-state index in [0.717, 1.165) is 54.1 Å². The monoisotopic (exact) mass is 535 g/mol. The third-order valence-electron chi connectivity index (χ3n) is 7.15. The molecule has 0 saturated carbocycles. The van der Waals surface area contributed by atoms with Crippen LogP contribution in [0.25, 0.3) is 0 Å². The first-order chi connectivity index (χ1) is 18.0. The summed E-state index contributed by atoms with van der Waals surface area (Å²) in [6.45, 7) is 1.53. The molecule has 0 bridgehead atoms. The van der Waals surface area contributed by atoms with Crippen LogP contribution < -0.4 is 14.5 Å². The summed E-state index contributed by atoms with van der Waals surface area (Å²) >= 11 is 2.34. The predicted molar refractivity (Wildman–Crippen MR) is 141 cm³/mol. The number of hydrogen-bond donors (Lipinski definition) is 1. The molecule has 1 N–H and O–H groups in total. The zero-order valence-electron chi connectivity index (χ0n) is 19.9. The zero-order valence-corrected chi connectivity index (χ0v) is 21.6. The fourth-order valence-corrected chi connectivity index (χ4v) is 7.87. The minimum atomic E-state index is -0.635. The topological polar surface area (TPSA) is 99.8 Å². The van der Waals surface area contributed by atoms with E-state index in [1.807, 2.05) is 23.1 Å². The van der Waals surface area contributed by atoms with E-state index in [9.17, 15) is 19.2 Å². The average Bonchev–Trinajstić information content (AvgIpc) is 3.42. The maximum absolute atomic E-state index is 13.7. The van der Waals surface area contributed by atoms with Crippen molar-refractivity contribution in [3.05, 3.63) is 74.7 Å². The van der Waals surface area contributed by atoms with Crippen molar-refractivity contribution in [3.8, 4) is 5.75 Å². The summed E-state index contributed by atoms with van der Waals surface area (Å²) in [5.74, 6) is -1.09. The Kier molecular flexibility index (Phi) is 6.37. The number of nitrogens with one attached hydrogen (secondary N) is 1. The second-order valence-corrected chi connectivity index (χ2v) is 11.6. The standard InChI is InChI=1S/C27H25N3O5S2/c31-19(29-13-5-2-6-14-29)15-35-18-11-9-16(10-12-18)20-21-23(36-24-22(20)37-27(34)28-24)26(33)30(25(21)32)17-7-3-1-4-8-17/h1,3-4,7-12,20-21,23H,2,5-6,13-15H2,(H,28,34). The number of para-hydroxylation sites is 1. The number of thiazole rings is 1. The lowest BCUT2D eigenvalue weighted by atomic mass is 9.83. The molecule has 190 valence electrons. The Morgan fingerprint density at radius 2 is 1.68 bits per heavy atom. The second kappa shape index (κ2) is 9.83. The van der Waals surface area contributed by atoms with Crippen molar-refractivity contribution in [2.24, 2.45) is 5.92 Å². The number of imide groups is 1. The summed E-state index contributed by atoms with van der Waals surface area (Å²) in [5.41, 5.74) is 1.36. The minimum absolute atomic E-state index is 0.0197. The van der Waals surface area contributed by atoms with Crippen LogP contribution in [0.15, 0.2) is 64.4 Å². The molecular weight excluding hydrogens is 510 g/mol. The van der Waals surface area contributed by atoms with Gasteiger partial charge in [0.1, 0.15) is 11.0 Å². The minimum Gasteiger partial charge on any atom is -0.484 e. The molecule has 3 aromatic rings. The van der Waals surface area contributed by atoms with Crippen LogP contribution in [0, 0.1) is 5.92 Å². The van der Waals surface area contributed by atoms with Crippen molar-refractivity contribution in [2.45, 2.75) is 35.5 Å². The highest BCUT2D eigenvalue weighted by molar-refractivity contribution is 8.00. The van der Waals surface area contributed by atoms with Gasteiger partial charge in [-0.1, -0.05) is 53.4 Å². The Bertz CT molecular complexity index is 1400. The molecule has 10 heteroatoms. The highest BCUT2D eigenvalue weighted by atomic mass is 32.2. The fraction of sp³-hybridized carbons (Fsp3) is 0.333. The van der Waals surface area contributed by atoms with E-state index >= 15 is 0 Å². The van der Waals surface area contributed by atoms with Crippen LogP contribution in [0.1, 0.15) is 35.6 Å². The van der Waals surface area contributed by atoms with Gasteiger partial charge in [-0.2, -0.15) is 0 Å². The highest BCUT2D eigenvalue weighted by Crippen LogP contribution is 2.53. The van der Waals surface area contributed by atoms with E-state index in [4.69, 9.17) is 4.74 Å². The molecule has 3 amide bonds. The summed E-state index contributed by atoms with van der Waals surface area (Å²) in [4.78, 5) is 58.3. The number of fused-ring (bicyclic) bond motifs is 2. The molecule has 2 saturated heterocycles. The van der Waals surface area contributed by atoms with Gasteiger partial charge in [-0.25, -0.2) is 4.90 Å². The molecule has 37 heavy (non-hydrogen) atoms. The Balaban J connectivity index is 1.27. The van der Waals surface area contributed by atoms with E-state index in [-0.39, 0.29) is 29.2 Å². The van der Waals surface area contributed by atoms with Gasteiger partial charge in [0.2, 0.25) is 11.8 Å². The number of ether oxygens (including phenoxy) is 1. The van der Waals surface area contributed by atoms with Crippen LogP contribution in [0.2, 0.25) is 0 Å². The van der Waals surface area contributed by atoms with Gasteiger partial charge in [0.15, 0.2) is 6.61 Å². The van der Waals surface area contributed by atoms with E-state index in [2.05, 4.69) is 4.98 Å². The number of carbonyl (C=O) groups excluding carboxylic acids is 3. The first-order valence-electron chi connectivity index (χ1n) is 12.3. The molecule has 2 aromatic carbocycles. The second-order valence-electron chi connectivity index (χ2n) is 9.40. The van der Waals surface area contributed by atoms with Crippen molar-refractivity contribution in [1.82, 2.24) is 9.88 Å². The molecule has 8 nitrogen and oxygen atoms in total. The molecule has 6 rings (SSSR count). The first-order valence-corrected chi connectivity index (χ1v) is 14.0. The Hall–Kier alpha value is -3.37. The number of nitrogens with zero attached hydrogens (tertiary/aromatic N) is 2. The molecule has 3 atom stereocenters. The number of H-pyrrole nitrogens is 1. The molecule has 0 aliphatic carbocycles. The predicted octanol–water partition coefficient (Wildman–Crippen LogP) is 3.62. The van der Waals surface area contributed by atoms with Crippen molar-refractivity contribution < 1.29 is 19.1 Å². The molecule has 3 unspecified atom stereocenters. The Morgan fingerprint density at radius 1 is 0.946 bits per heavy atom. The van der Waals surface area contributed by atoms with E-state index < -0.39 is 17.1 Å². The summed E-state index contributed by atoms with van der Waals surface area (Å²) in [5, 5.41) is 0.0123. The van der Waals surface area contributed by atoms with Crippen LogP contribution in [0.4, 0.5) is 5.69 Å². The number of amides is 3. The van der Waals surface area contributed by atoms with Crippen molar-refractivity contribution in [3.63, 3.8) is 0 Å². The number of rotatable bonds is 5. The van der Waals surface area contributed by atoms with E-state index in [1.165, 1.54) is 16.7 Å². The number of aromatic nitrogens is 1.